The van der Waals surface area contributed by atoms with Gasteiger partial charge in [-0.1, -0.05) is 11.6 Å². The third-order valence-electron chi connectivity index (χ3n) is 2.56. The Labute approximate surface area is 120 Å². The Morgan fingerprint density at radius 3 is 2.89 bits per heavy atom. The monoisotopic (exact) mass is 299 g/mol. The van der Waals surface area contributed by atoms with Gasteiger partial charge in [0.2, 0.25) is 0 Å². The first-order valence-electron chi connectivity index (χ1n) is 5.75. The molecule has 2 N–H and O–H groups in total. The van der Waals surface area contributed by atoms with Crippen LogP contribution in [0, 0.1) is 0 Å². The largest absolute Gasteiger partial charge is 0.469 e. The van der Waals surface area contributed by atoms with Gasteiger partial charge in [0.15, 0.2) is 0 Å². The zero-order chi connectivity index (χ0) is 13.9. The minimum Gasteiger partial charge on any atom is -0.469 e. The predicted octanol–water partition coefficient (Wildman–Crippen LogP) is 2.72. The molecule has 102 valence electrons. The van der Waals surface area contributed by atoms with Gasteiger partial charge in [0, 0.05) is 13.0 Å². The van der Waals surface area contributed by atoms with E-state index in [0.717, 1.165) is 0 Å². The molecule has 0 aliphatic heterocycles. The molecule has 2 aromatic heterocycles. The van der Waals surface area contributed by atoms with Crippen LogP contribution in [0.1, 0.15) is 22.4 Å². The van der Waals surface area contributed by atoms with Crippen molar-refractivity contribution >= 4 is 28.8 Å². The van der Waals surface area contributed by atoms with E-state index in [-0.39, 0.29) is 12.5 Å². The van der Waals surface area contributed by atoms with Gasteiger partial charge >= 0.3 is 0 Å². The lowest BCUT2D eigenvalue weighted by Gasteiger charge is -2.22. The Morgan fingerprint density at radius 2 is 2.32 bits per heavy atom. The maximum Gasteiger partial charge on any atom is 0.261 e. The highest BCUT2D eigenvalue weighted by atomic mass is 35.5. The molecule has 0 bridgehead atoms. The molecule has 0 saturated carbocycles. The quantitative estimate of drug-likeness (QED) is 0.892. The summed E-state index contributed by atoms with van der Waals surface area (Å²) in [7, 11) is 0. The lowest BCUT2D eigenvalue weighted by Crippen LogP contribution is -2.42. The van der Waals surface area contributed by atoms with Crippen LogP contribution in [0.3, 0.4) is 0 Å². The van der Waals surface area contributed by atoms with E-state index in [1.807, 2.05) is 0 Å². The zero-order valence-electron chi connectivity index (χ0n) is 10.4. The molecule has 0 aromatic carbocycles. The van der Waals surface area contributed by atoms with Gasteiger partial charge in [-0.2, -0.15) is 0 Å². The fourth-order valence-electron chi connectivity index (χ4n) is 1.65. The normalized spacial score (nSPS) is 14.1. The van der Waals surface area contributed by atoms with E-state index < -0.39 is 5.60 Å². The van der Waals surface area contributed by atoms with Crippen molar-refractivity contribution in [3.63, 3.8) is 0 Å². The lowest BCUT2D eigenvalue weighted by molar-refractivity contribution is 0.0511. The summed E-state index contributed by atoms with van der Waals surface area (Å²) in [6, 6.07) is 6.87. The molecule has 0 fully saturated rings. The maximum absolute atomic E-state index is 11.8. The number of rotatable bonds is 5. The first kappa shape index (κ1) is 14.1. The highest BCUT2D eigenvalue weighted by Crippen LogP contribution is 2.21. The standard InChI is InChI=1S/C13H14ClNO3S/c1-13(17,7-9-3-2-6-18-9)8-15-12(16)10-4-5-11(14)19-10/h2-6,17H,7-8H2,1H3,(H,15,16)/t13-/m1/s1. The third kappa shape index (κ3) is 4.09. The SMILES string of the molecule is C[C@](O)(CNC(=O)c1ccc(Cl)s1)Cc1ccco1. The molecule has 6 heteroatoms. The second kappa shape index (κ2) is 5.77. The van der Waals surface area contributed by atoms with Crippen molar-refractivity contribution in [2.75, 3.05) is 6.54 Å². The molecule has 0 saturated heterocycles. The van der Waals surface area contributed by atoms with Gasteiger partial charge in [-0.15, -0.1) is 11.3 Å². The van der Waals surface area contributed by atoms with Gasteiger partial charge in [-0.25, -0.2) is 0 Å². The average molecular weight is 300 g/mol. The summed E-state index contributed by atoms with van der Waals surface area (Å²) >= 11 is 6.97. The van der Waals surface area contributed by atoms with Crippen molar-refractivity contribution in [1.29, 1.82) is 0 Å². The number of furan rings is 1. The van der Waals surface area contributed by atoms with Crippen LogP contribution in [-0.2, 0) is 6.42 Å². The average Bonchev–Trinajstić information content (AvgIpc) is 2.97. The van der Waals surface area contributed by atoms with Crippen molar-refractivity contribution in [1.82, 2.24) is 5.32 Å². The summed E-state index contributed by atoms with van der Waals surface area (Å²) in [5.41, 5.74) is -1.06. The van der Waals surface area contributed by atoms with Gasteiger partial charge in [-0.3, -0.25) is 4.79 Å². The summed E-state index contributed by atoms with van der Waals surface area (Å²) in [6.45, 7) is 1.79. The van der Waals surface area contributed by atoms with Crippen molar-refractivity contribution in [3.05, 3.63) is 45.5 Å². The topological polar surface area (TPSA) is 62.5 Å². The van der Waals surface area contributed by atoms with Crippen LogP contribution in [0.4, 0.5) is 0 Å². The summed E-state index contributed by atoms with van der Waals surface area (Å²) in [6.07, 6.45) is 1.89. The third-order valence-corrected chi connectivity index (χ3v) is 3.79. The molecule has 4 nitrogen and oxygen atoms in total. The molecule has 0 radical (unpaired) electrons. The molecular weight excluding hydrogens is 286 g/mol. The smallest absolute Gasteiger partial charge is 0.261 e. The first-order valence-corrected chi connectivity index (χ1v) is 6.94. The van der Waals surface area contributed by atoms with Crippen LogP contribution in [0.25, 0.3) is 0 Å². The van der Waals surface area contributed by atoms with Crippen molar-refractivity contribution < 1.29 is 14.3 Å². The second-order valence-electron chi connectivity index (χ2n) is 4.54. The van der Waals surface area contributed by atoms with E-state index in [1.54, 1.807) is 37.5 Å². The number of hydrogen-bond donors (Lipinski definition) is 2. The number of thiophene rings is 1. The number of halogens is 1. The van der Waals surface area contributed by atoms with E-state index in [9.17, 15) is 9.90 Å². The molecule has 0 aliphatic rings. The first-order chi connectivity index (χ1) is 8.96. The second-order valence-corrected chi connectivity index (χ2v) is 6.25. The van der Waals surface area contributed by atoms with Crippen LogP contribution in [0.15, 0.2) is 34.9 Å². The maximum atomic E-state index is 11.8. The van der Waals surface area contributed by atoms with Crippen LogP contribution >= 0.6 is 22.9 Å². The Bertz CT molecular complexity index is 548. The molecule has 2 heterocycles. The van der Waals surface area contributed by atoms with Gasteiger partial charge in [0.25, 0.3) is 5.91 Å². The Balaban J connectivity index is 1.88. The van der Waals surface area contributed by atoms with Gasteiger partial charge < -0.3 is 14.8 Å². The highest BCUT2D eigenvalue weighted by Gasteiger charge is 2.23. The highest BCUT2D eigenvalue weighted by molar-refractivity contribution is 7.17. The molecule has 2 rings (SSSR count). The molecule has 0 spiro atoms. The predicted molar refractivity (Wildman–Crippen MR) is 74.7 cm³/mol. The van der Waals surface area contributed by atoms with E-state index in [4.69, 9.17) is 16.0 Å². The molecule has 0 aliphatic carbocycles. The Kier molecular flexibility index (Phi) is 4.29. The number of aliphatic hydroxyl groups is 1. The summed E-state index contributed by atoms with van der Waals surface area (Å²) in [5, 5.41) is 12.9. The number of nitrogens with one attached hydrogen (secondary N) is 1. The van der Waals surface area contributed by atoms with E-state index in [2.05, 4.69) is 5.32 Å². The minimum absolute atomic E-state index is 0.141. The minimum atomic E-state index is -1.06. The van der Waals surface area contributed by atoms with Gasteiger partial charge in [-0.05, 0) is 31.2 Å². The summed E-state index contributed by atoms with van der Waals surface area (Å²) in [4.78, 5) is 12.3. The van der Waals surface area contributed by atoms with Crippen molar-refractivity contribution in [3.8, 4) is 0 Å². The zero-order valence-corrected chi connectivity index (χ0v) is 11.9. The number of amides is 1. The lowest BCUT2D eigenvalue weighted by atomic mass is 10.0. The van der Waals surface area contributed by atoms with E-state index in [1.165, 1.54) is 11.3 Å². The molecule has 19 heavy (non-hydrogen) atoms. The van der Waals surface area contributed by atoms with Crippen LogP contribution in [-0.4, -0.2) is 23.2 Å². The van der Waals surface area contributed by atoms with E-state index in [0.29, 0.717) is 21.4 Å². The molecule has 1 amide bonds. The van der Waals surface area contributed by atoms with Gasteiger partial charge in [0.05, 0.1) is 21.1 Å². The number of hydrogen-bond acceptors (Lipinski definition) is 4. The van der Waals surface area contributed by atoms with Crippen LogP contribution in [0.2, 0.25) is 4.34 Å². The molecule has 2 aromatic rings. The molecular formula is C13H14ClNO3S. The van der Waals surface area contributed by atoms with Crippen LogP contribution in [0.5, 0.6) is 0 Å². The van der Waals surface area contributed by atoms with Gasteiger partial charge in [0.1, 0.15) is 5.76 Å². The van der Waals surface area contributed by atoms with Crippen molar-refractivity contribution in [2.45, 2.75) is 18.9 Å². The molecule has 0 unspecified atom stereocenters. The Hall–Kier alpha value is -1.30. The van der Waals surface area contributed by atoms with Crippen LogP contribution < -0.4 is 5.32 Å². The fraction of sp³-hybridized carbons (Fsp3) is 0.308. The summed E-state index contributed by atoms with van der Waals surface area (Å²) < 4.78 is 5.74. The number of carbonyl (C=O) groups is 1. The molecule has 1 atom stereocenters. The van der Waals surface area contributed by atoms with Crippen molar-refractivity contribution in [2.24, 2.45) is 0 Å². The number of carbonyl (C=O) groups excluding carboxylic acids is 1. The summed E-state index contributed by atoms with van der Waals surface area (Å²) in [5.74, 6) is 0.440. The fourth-order valence-corrected chi connectivity index (χ4v) is 2.60. The Morgan fingerprint density at radius 1 is 1.53 bits per heavy atom. The van der Waals surface area contributed by atoms with E-state index >= 15 is 0 Å².